The van der Waals surface area contributed by atoms with Crippen molar-refractivity contribution in [2.75, 3.05) is 13.2 Å². The van der Waals surface area contributed by atoms with Gasteiger partial charge >= 0.3 is 0 Å². The largest absolute Gasteiger partial charge is 0.381 e. The third-order valence-electron chi connectivity index (χ3n) is 3.16. The molecule has 1 aliphatic heterocycles. The molecule has 12 heavy (non-hydrogen) atoms. The van der Waals surface area contributed by atoms with Gasteiger partial charge in [-0.2, -0.15) is 0 Å². The molecule has 0 aromatic carbocycles. The van der Waals surface area contributed by atoms with Crippen molar-refractivity contribution in [1.82, 2.24) is 0 Å². The molecule has 0 aromatic heterocycles. The van der Waals surface area contributed by atoms with Gasteiger partial charge in [0, 0.05) is 13.2 Å². The number of rotatable bonds is 3. The highest BCUT2D eigenvalue weighted by Crippen LogP contribution is 2.33. The molecule has 0 bridgehead atoms. The fraction of sp³-hybridized carbons (Fsp3) is 1.00. The van der Waals surface area contributed by atoms with Crippen LogP contribution in [0.4, 0.5) is 0 Å². The van der Waals surface area contributed by atoms with Gasteiger partial charge < -0.3 is 4.74 Å². The average molecular weight is 186 g/mol. The molecule has 1 heterocycles. The summed E-state index contributed by atoms with van der Waals surface area (Å²) in [6.45, 7) is 9.41. The van der Waals surface area contributed by atoms with Crippen LogP contribution in [-0.4, -0.2) is 21.3 Å². The topological polar surface area (TPSA) is 9.23 Å². The molecule has 1 unspecified atom stereocenters. The van der Waals surface area contributed by atoms with E-state index in [0.717, 1.165) is 18.8 Å². The minimum Gasteiger partial charge on any atom is -0.381 e. The Hall–Kier alpha value is 0.177. The van der Waals surface area contributed by atoms with Gasteiger partial charge in [-0.15, -0.1) is 0 Å². The Morgan fingerprint density at radius 2 is 2.17 bits per heavy atom. The van der Waals surface area contributed by atoms with Crippen molar-refractivity contribution in [3.8, 4) is 0 Å². The molecule has 1 nitrogen and oxygen atoms in total. The molecule has 1 fully saturated rings. The summed E-state index contributed by atoms with van der Waals surface area (Å²) in [5.74, 6) is 0. The lowest BCUT2D eigenvalue weighted by atomic mass is 10.2. The third kappa shape index (κ3) is 2.59. The molecule has 1 rings (SSSR count). The molecule has 1 atom stereocenters. The minimum atomic E-state index is -0.927. The molecule has 0 N–H and O–H groups in total. The Morgan fingerprint density at radius 3 is 2.67 bits per heavy atom. The van der Waals surface area contributed by atoms with E-state index in [0.29, 0.717) is 0 Å². The molecule has 0 spiro atoms. The summed E-state index contributed by atoms with van der Waals surface area (Å²) in [6.07, 6.45) is 4.08. The molecule has 0 aliphatic carbocycles. The highest BCUT2D eigenvalue weighted by molar-refractivity contribution is 6.78. The van der Waals surface area contributed by atoms with Gasteiger partial charge in [0.1, 0.15) is 0 Å². The fourth-order valence-corrected chi connectivity index (χ4v) is 5.46. The summed E-state index contributed by atoms with van der Waals surface area (Å²) in [7, 11) is -0.927. The Morgan fingerprint density at radius 1 is 1.42 bits per heavy atom. The van der Waals surface area contributed by atoms with E-state index in [1.165, 1.54) is 25.3 Å². The lowest BCUT2D eigenvalue weighted by molar-refractivity contribution is 0.0948. The zero-order valence-corrected chi connectivity index (χ0v) is 9.73. The van der Waals surface area contributed by atoms with E-state index in [9.17, 15) is 0 Å². The SMILES string of the molecule is CCC[Si](C)(C)C1CCCOC1. The van der Waals surface area contributed by atoms with Gasteiger partial charge in [0.05, 0.1) is 8.07 Å². The van der Waals surface area contributed by atoms with Gasteiger partial charge in [-0.25, -0.2) is 0 Å². The first-order chi connectivity index (χ1) is 5.67. The maximum atomic E-state index is 5.55. The predicted octanol–water partition coefficient (Wildman–Crippen LogP) is 3.29. The van der Waals surface area contributed by atoms with Crippen molar-refractivity contribution < 1.29 is 4.74 Å². The first-order valence-electron chi connectivity index (χ1n) is 5.24. The van der Waals surface area contributed by atoms with Crippen LogP contribution in [0.2, 0.25) is 24.7 Å². The summed E-state index contributed by atoms with van der Waals surface area (Å²) in [6, 6.07) is 1.47. The second kappa shape index (κ2) is 4.42. The zero-order valence-electron chi connectivity index (χ0n) is 8.73. The second-order valence-electron chi connectivity index (χ2n) is 4.65. The predicted molar refractivity (Wildman–Crippen MR) is 56.4 cm³/mol. The molecule has 1 aliphatic rings. The van der Waals surface area contributed by atoms with Gasteiger partial charge in [-0.1, -0.05) is 32.5 Å². The molecule has 2 heteroatoms. The third-order valence-corrected chi connectivity index (χ3v) is 7.61. The van der Waals surface area contributed by atoms with Crippen molar-refractivity contribution >= 4 is 8.07 Å². The van der Waals surface area contributed by atoms with E-state index in [-0.39, 0.29) is 0 Å². The van der Waals surface area contributed by atoms with E-state index >= 15 is 0 Å². The van der Waals surface area contributed by atoms with Gasteiger partial charge in [0.15, 0.2) is 0 Å². The summed E-state index contributed by atoms with van der Waals surface area (Å²) < 4.78 is 5.55. The van der Waals surface area contributed by atoms with Gasteiger partial charge in [0.2, 0.25) is 0 Å². The highest BCUT2D eigenvalue weighted by Gasteiger charge is 2.31. The molecule has 1 saturated heterocycles. The van der Waals surface area contributed by atoms with E-state index in [1.54, 1.807) is 0 Å². The van der Waals surface area contributed by atoms with Gasteiger partial charge in [0.25, 0.3) is 0 Å². The Balaban J connectivity index is 2.41. The number of hydrogen-bond donors (Lipinski definition) is 0. The van der Waals surface area contributed by atoms with E-state index < -0.39 is 8.07 Å². The van der Waals surface area contributed by atoms with Crippen LogP contribution in [0.3, 0.4) is 0 Å². The number of hydrogen-bond acceptors (Lipinski definition) is 1. The van der Waals surface area contributed by atoms with Crippen LogP contribution in [0.1, 0.15) is 26.2 Å². The lowest BCUT2D eigenvalue weighted by Gasteiger charge is -2.35. The Kier molecular flexibility index (Phi) is 3.78. The Labute approximate surface area is 77.5 Å². The quantitative estimate of drug-likeness (QED) is 0.615. The van der Waals surface area contributed by atoms with E-state index in [1.807, 2.05) is 0 Å². The normalized spacial score (nSPS) is 25.8. The molecule has 0 radical (unpaired) electrons. The molecule has 0 amide bonds. The van der Waals surface area contributed by atoms with Crippen LogP contribution < -0.4 is 0 Å². The highest BCUT2D eigenvalue weighted by atomic mass is 28.3. The van der Waals surface area contributed by atoms with Crippen molar-refractivity contribution in [1.29, 1.82) is 0 Å². The molecular weight excluding hydrogens is 164 g/mol. The first kappa shape index (κ1) is 10.3. The van der Waals surface area contributed by atoms with Crippen LogP contribution in [0, 0.1) is 0 Å². The van der Waals surface area contributed by atoms with Crippen LogP contribution in [0.25, 0.3) is 0 Å². The molecule has 72 valence electrons. The van der Waals surface area contributed by atoms with Gasteiger partial charge in [-0.05, 0) is 18.4 Å². The summed E-state index contributed by atoms with van der Waals surface area (Å²) >= 11 is 0. The standard InChI is InChI=1S/C10H22OSi/c1-4-8-12(2,3)10-6-5-7-11-9-10/h10H,4-9H2,1-3H3. The average Bonchev–Trinajstić information content (AvgIpc) is 2.06. The fourth-order valence-electron chi connectivity index (χ4n) is 2.21. The van der Waals surface area contributed by atoms with Crippen LogP contribution in [0.15, 0.2) is 0 Å². The monoisotopic (exact) mass is 186 g/mol. The maximum Gasteiger partial charge on any atom is 0.0530 e. The van der Waals surface area contributed by atoms with Crippen LogP contribution in [-0.2, 0) is 4.74 Å². The van der Waals surface area contributed by atoms with Gasteiger partial charge in [-0.3, -0.25) is 0 Å². The molecular formula is C10H22OSi. The molecule has 0 saturated carbocycles. The van der Waals surface area contributed by atoms with Crippen molar-refractivity contribution in [3.63, 3.8) is 0 Å². The zero-order chi connectivity index (χ0) is 9.03. The van der Waals surface area contributed by atoms with Crippen LogP contribution >= 0.6 is 0 Å². The van der Waals surface area contributed by atoms with E-state index in [2.05, 4.69) is 20.0 Å². The summed E-state index contributed by atoms with van der Waals surface area (Å²) in [5, 5.41) is 0. The van der Waals surface area contributed by atoms with Crippen molar-refractivity contribution in [2.24, 2.45) is 0 Å². The number of ether oxygens (including phenoxy) is 1. The van der Waals surface area contributed by atoms with Crippen molar-refractivity contribution in [2.45, 2.75) is 50.9 Å². The van der Waals surface area contributed by atoms with E-state index in [4.69, 9.17) is 4.74 Å². The molecule has 0 aromatic rings. The summed E-state index contributed by atoms with van der Waals surface area (Å²) in [5.41, 5.74) is 0.936. The first-order valence-corrected chi connectivity index (χ1v) is 8.53. The van der Waals surface area contributed by atoms with Crippen LogP contribution in [0.5, 0.6) is 0 Å². The minimum absolute atomic E-state index is 0.927. The maximum absolute atomic E-state index is 5.55. The Bertz CT molecular complexity index is 128. The summed E-state index contributed by atoms with van der Waals surface area (Å²) in [4.78, 5) is 0. The smallest absolute Gasteiger partial charge is 0.0530 e. The second-order valence-corrected chi connectivity index (χ2v) is 9.95. The van der Waals surface area contributed by atoms with Crippen molar-refractivity contribution in [3.05, 3.63) is 0 Å². The lowest BCUT2D eigenvalue weighted by Crippen LogP contribution is -2.36.